The number of aromatic nitrogens is 3. The summed E-state index contributed by atoms with van der Waals surface area (Å²) >= 11 is 1.55. The summed E-state index contributed by atoms with van der Waals surface area (Å²) in [6, 6.07) is 5.24. The highest BCUT2D eigenvalue weighted by molar-refractivity contribution is 7.99. The first-order chi connectivity index (χ1) is 15.5. The first kappa shape index (κ1) is 24.0. The quantitative estimate of drug-likeness (QED) is 0.290. The minimum atomic E-state index is -0.493. The zero-order valence-corrected chi connectivity index (χ0v) is 20.3. The molecule has 0 aliphatic carbocycles. The molecule has 1 atom stereocenters. The molecular weight excluding hydrogens is 428 g/mol. The fourth-order valence-corrected chi connectivity index (χ4v) is 4.17. The second kappa shape index (κ2) is 11.3. The molecule has 2 heterocycles. The Kier molecular flexibility index (Phi) is 8.44. The van der Waals surface area contributed by atoms with E-state index in [4.69, 9.17) is 14.2 Å². The summed E-state index contributed by atoms with van der Waals surface area (Å²) in [7, 11) is 1.62. The third-order valence-corrected chi connectivity index (χ3v) is 5.83. The highest BCUT2D eigenvalue weighted by Gasteiger charge is 2.35. The maximum Gasteiger partial charge on any atom is 0.338 e. The Bertz CT molecular complexity index is 973. The van der Waals surface area contributed by atoms with Crippen LogP contribution in [0.1, 0.15) is 58.6 Å². The molecule has 0 radical (unpaired) electrons. The van der Waals surface area contributed by atoms with E-state index in [-0.39, 0.29) is 12.6 Å². The number of thioether (sulfide) groups is 1. The summed E-state index contributed by atoms with van der Waals surface area (Å²) < 4.78 is 18.7. The molecule has 1 N–H and O–H groups in total. The molecule has 1 aliphatic heterocycles. The van der Waals surface area contributed by atoms with E-state index in [2.05, 4.69) is 22.3 Å². The highest BCUT2D eigenvalue weighted by atomic mass is 32.2. The number of anilines is 1. The Balaban J connectivity index is 2.02. The topological polar surface area (TPSA) is 87.5 Å². The first-order valence-electron chi connectivity index (χ1n) is 11.1. The van der Waals surface area contributed by atoms with Crippen molar-refractivity contribution in [1.29, 1.82) is 0 Å². The fraction of sp³-hybridized carbons (Fsp3) is 0.522. The summed E-state index contributed by atoms with van der Waals surface area (Å²) in [6.45, 7) is 8.78. The van der Waals surface area contributed by atoms with Crippen LogP contribution in [0.4, 0.5) is 5.95 Å². The Morgan fingerprint density at radius 2 is 2.03 bits per heavy atom. The van der Waals surface area contributed by atoms with Crippen molar-refractivity contribution in [3.8, 4) is 11.5 Å². The lowest BCUT2D eigenvalue weighted by Crippen LogP contribution is -2.29. The van der Waals surface area contributed by atoms with Gasteiger partial charge >= 0.3 is 5.97 Å². The molecule has 8 nitrogen and oxygen atoms in total. The van der Waals surface area contributed by atoms with Crippen molar-refractivity contribution >= 4 is 23.7 Å². The number of ether oxygens (including phenoxy) is 3. The molecule has 1 aromatic carbocycles. The van der Waals surface area contributed by atoms with Crippen molar-refractivity contribution in [2.24, 2.45) is 0 Å². The summed E-state index contributed by atoms with van der Waals surface area (Å²) in [5.74, 6) is 2.36. The summed E-state index contributed by atoms with van der Waals surface area (Å²) in [6.07, 6.45) is 3.25. The van der Waals surface area contributed by atoms with E-state index in [0.717, 1.165) is 30.6 Å². The van der Waals surface area contributed by atoms with E-state index in [1.807, 2.05) is 32.0 Å². The zero-order chi connectivity index (χ0) is 23.1. The Morgan fingerprint density at radius 1 is 1.22 bits per heavy atom. The summed E-state index contributed by atoms with van der Waals surface area (Å²) in [5.41, 5.74) is 2.03. The zero-order valence-electron chi connectivity index (χ0n) is 19.4. The second-order valence-corrected chi connectivity index (χ2v) is 8.58. The minimum absolute atomic E-state index is 0.289. The number of hydrogen-bond donors (Lipinski definition) is 1. The fourth-order valence-electron chi connectivity index (χ4n) is 3.61. The van der Waals surface area contributed by atoms with Crippen molar-refractivity contribution in [2.45, 2.75) is 58.2 Å². The number of methoxy groups -OCH3 is 1. The number of allylic oxidation sites excluding steroid dienone is 1. The number of benzene rings is 1. The molecule has 1 aromatic heterocycles. The molecule has 32 heavy (non-hydrogen) atoms. The molecule has 3 rings (SSSR count). The average molecular weight is 461 g/mol. The van der Waals surface area contributed by atoms with Gasteiger partial charge in [0.15, 0.2) is 11.5 Å². The van der Waals surface area contributed by atoms with Gasteiger partial charge in [-0.15, -0.1) is 5.10 Å². The van der Waals surface area contributed by atoms with Crippen LogP contribution in [0.5, 0.6) is 11.5 Å². The van der Waals surface area contributed by atoms with Crippen LogP contribution in [0.3, 0.4) is 0 Å². The van der Waals surface area contributed by atoms with E-state index in [9.17, 15) is 4.79 Å². The Morgan fingerprint density at radius 3 is 2.72 bits per heavy atom. The van der Waals surface area contributed by atoms with Gasteiger partial charge in [-0.3, -0.25) is 0 Å². The van der Waals surface area contributed by atoms with E-state index < -0.39 is 6.04 Å². The van der Waals surface area contributed by atoms with Crippen LogP contribution in [0.2, 0.25) is 0 Å². The van der Waals surface area contributed by atoms with Crippen LogP contribution in [0, 0.1) is 0 Å². The van der Waals surface area contributed by atoms with Crippen LogP contribution < -0.4 is 14.8 Å². The Labute approximate surface area is 193 Å². The molecule has 174 valence electrons. The van der Waals surface area contributed by atoms with Gasteiger partial charge in [0.1, 0.15) is 6.04 Å². The van der Waals surface area contributed by atoms with Crippen LogP contribution in [0.15, 0.2) is 34.6 Å². The normalized spacial score (nSPS) is 15.2. The largest absolute Gasteiger partial charge is 0.493 e. The molecule has 0 amide bonds. The third kappa shape index (κ3) is 5.20. The molecule has 0 bridgehead atoms. The van der Waals surface area contributed by atoms with Crippen molar-refractivity contribution in [3.63, 3.8) is 0 Å². The number of esters is 1. The van der Waals surface area contributed by atoms with E-state index in [0.29, 0.717) is 40.5 Å². The van der Waals surface area contributed by atoms with Gasteiger partial charge < -0.3 is 19.5 Å². The number of hydrogen-bond acceptors (Lipinski definition) is 8. The van der Waals surface area contributed by atoms with Crippen molar-refractivity contribution < 1.29 is 19.0 Å². The molecule has 0 fully saturated rings. The van der Waals surface area contributed by atoms with Gasteiger partial charge in [0.25, 0.3) is 0 Å². The summed E-state index contributed by atoms with van der Waals surface area (Å²) in [4.78, 5) is 17.5. The Hall–Kier alpha value is -2.68. The third-order valence-electron chi connectivity index (χ3n) is 5.11. The molecule has 0 spiro atoms. The van der Waals surface area contributed by atoms with Crippen LogP contribution in [0.25, 0.3) is 0 Å². The molecule has 1 unspecified atom stereocenters. The average Bonchev–Trinajstić information content (AvgIpc) is 3.18. The SMILES string of the molecule is CCCCCOc1ccc(C2C(C(=O)OCC)=C(C)Nc3nc(SCC)nn32)cc1OC. The number of nitrogens with one attached hydrogen (secondary N) is 1. The van der Waals surface area contributed by atoms with Gasteiger partial charge in [-0.1, -0.05) is 44.5 Å². The van der Waals surface area contributed by atoms with Crippen LogP contribution in [-0.4, -0.2) is 46.8 Å². The minimum Gasteiger partial charge on any atom is -0.493 e. The summed E-state index contributed by atoms with van der Waals surface area (Å²) in [5, 5.41) is 8.53. The molecule has 0 saturated heterocycles. The molecular formula is C23H32N4O4S. The van der Waals surface area contributed by atoms with Gasteiger partial charge in [-0.05, 0) is 43.7 Å². The van der Waals surface area contributed by atoms with Crippen LogP contribution >= 0.6 is 11.8 Å². The lowest BCUT2D eigenvalue weighted by molar-refractivity contribution is -0.139. The van der Waals surface area contributed by atoms with E-state index in [1.54, 1.807) is 30.5 Å². The monoisotopic (exact) mass is 460 g/mol. The molecule has 0 saturated carbocycles. The first-order valence-corrected chi connectivity index (χ1v) is 12.1. The highest BCUT2D eigenvalue weighted by Crippen LogP contribution is 2.39. The lowest BCUT2D eigenvalue weighted by atomic mass is 9.95. The maximum absolute atomic E-state index is 12.9. The number of carbonyl (C=O) groups is 1. The van der Waals surface area contributed by atoms with Gasteiger partial charge in [0, 0.05) is 5.70 Å². The van der Waals surface area contributed by atoms with Gasteiger partial charge in [-0.25, -0.2) is 9.48 Å². The predicted molar refractivity (Wildman–Crippen MR) is 126 cm³/mol. The van der Waals surface area contributed by atoms with E-state index in [1.165, 1.54) is 0 Å². The molecule has 2 aromatic rings. The standard InChI is InChI=1S/C23H32N4O4S/c1-6-9-10-13-31-17-12-11-16(14-18(17)29-5)20-19(21(28)30-7-2)15(4)24-22-25-23(32-8-3)26-27(20)22/h11-12,14,20H,6-10,13H2,1-5H3,(H,24,25,26). The number of unbranched alkanes of at least 4 members (excludes halogenated alkanes) is 2. The lowest BCUT2D eigenvalue weighted by Gasteiger charge is -2.28. The second-order valence-electron chi connectivity index (χ2n) is 7.35. The van der Waals surface area contributed by atoms with Gasteiger partial charge in [0.05, 0.1) is 25.9 Å². The number of nitrogens with zero attached hydrogens (tertiary/aromatic N) is 3. The van der Waals surface area contributed by atoms with Crippen LogP contribution in [-0.2, 0) is 9.53 Å². The van der Waals surface area contributed by atoms with Crippen molar-refractivity contribution in [1.82, 2.24) is 14.8 Å². The number of fused-ring (bicyclic) bond motifs is 1. The van der Waals surface area contributed by atoms with Gasteiger partial charge in [-0.2, -0.15) is 4.98 Å². The molecule has 9 heteroatoms. The van der Waals surface area contributed by atoms with E-state index >= 15 is 0 Å². The maximum atomic E-state index is 12.9. The van der Waals surface area contributed by atoms with Crippen molar-refractivity contribution in [2.75, 3.05) is 31.4 Å². The number of rotatable bonds is 11. The van der Waals surface area contributed by atoms with Crippen molar-refractivity contribution in [3.05, 3.63) is 35.0 Å². The van der Waals surface area contributed by atoms with Gasteiger partial charge in [0.2, 0.25) is 11.1 Å². The predicted octanol–water partition coefficient (Wildman–Crippen LogP) is 4.82. The number of carbonyl (C=O) groups excluding carboxylic acids is 1. The molecule has 1 aliphatic rings. The smallest absolute Gasteiger partial charge is 0.338 e.